The highest BCUT2D eigenvalue weighted by molar-refractivity contribution is 5.66. The minimum atomic E-state index is 0.817. The zero-order chi connectivity index (χ0) is 18.9. The lowest BCUT2D eigenvalue weighted by Crippen LogP contribution is -2.10. The lowest BCUT2D eigenvalue weighted by molar-refractivity contribution is 0.348. The highest BCUT2D eigenvalue weighted by atomic mass is 14.3. The Morgan fingerprint density at radius 2 is 1.52 bits per heavy atom. The number of hydrogen-bond acceptors (Lipinski definition) is 0. The lowest BCUT2D eigenvalue weighted by atomic mass is 9.79. The molecule has 0 heterocycles. The van der Waals surface area contributed by atoms with E-state index in [0.29, 0.717) is 0 Å². The minimum absolute atomic E-state index is 0.817. The van der Waals surface area contributed by atoms with E-state index in [9.17, 15) is 0 Å². The normalized spacial score (nSPS) is 26.0. The monoisotopic (exact) mass is 366 g/mol. The molecule has 0 N–H and O–H groups in total. The summed E-state index contributed by atoms with van der Waals surface area (Å²) < 4.78 is 0. The average molecular weight is 367 g/mol. The fraction of sp³-hybridized carbons (Fsp3) is 0.704. The van der Waals surface area contributed by atoms with Gasteiger partial charge in [0.25, 0.3) is 0 Å². The molecule has 0 aliphatic heterocycles. The van der Waals surface area contributed by atoms with Gasteiger partial charge in [0.1, 0.15) is 0 Å². The molecule has 2 aliphatic rings. The van der Waals surface area contributed by atoms with E-state index in [1.807, 2.05) is 0 Å². The SMILES string of the molecule is CCCCCCCCC1CC=C(c2ccc([C@H]3CC[C@H](C)CC3)cc2)CC1. The van der Waals surface area contributed by atoms with E-state index < -0.39 is 0 Å². The molecule has 0 saturated heterocycles. The van der Waals surface area contributed by atoms with Crippen LogP contribution in [0.1, 0.15) is 121 Å². The summed E-state index contributed by atoms with van der Waals surface area (Å²) in [6.45, 7) is 4.71. The van der Waals surface area contributed by atoms with E-state index in [4.69, 9.17) is 0 Å². The molecular formula is C27H42. The van der Waals surface area contributed by atoms with Crippen molar-refractivity contribution in [3.05, 3.63) is 41.5 Å². The maximum Gasteiger partial charge on any atom is -0.0162 e. The summed E-state index contributed by atoms with van der Waals surface area (Å²) in [6, 6.07) is 9.68. The molecule has 0 radical (unpaired) electrons. The topological polar surface area (TPSA) is 0 Å². The van der Waals surface area contributed by atoms with Crippen molar-refractivity contribution in [2.24, 2.45) is 11.8 Å². The Bertz CT molecular complexity index is 556. The Labute approximate surface area is 168 Å². The van der Waals surface area contributed by atoms with Crippen molar-refractivity contribution in [1.82, 2.24) is 0 Å². The first kappa shape index (κ1) is 20.7. The molecule has 0 aromatic heterocycles. The summed E-state index contributed by atoms with van der Waals surface area (Å²) in [6.07, 6.45) is 22.2. The molecule has 0 amide bonds. The first-order valence-electron chi connectivity index (χ1n) is 12.1. The van der Waals surface area contributed by atoms with Crippen LogP contribution >= 0.6 is 0 Å². The quantitative estimate of drug-likeness (QED) is 0.383. The smallest absolute Gasteiger partial charge is 0.0162 e. The van der Waals surface area contributed by atoms with Crippen LogP contribution in [-0.2, 0) is 0 Å². The summed E-state index contributed by atoms with van der Waals surface area (Å²) >= 11 is 0. The van der Waals surface area contributed by atoms with E-state index in [1.165, 1.54) is 95.5 Å². The third kappa shape index (κ3) is 6.51. The van der Waals surface area contributed by atoms with Crippen molar-refractivity contribution < 1.29 is 0 Å². The van der Waals surface area contributed by atoms with E-state index in [-0.39, 0.29) is 0 Å². The molecule has 150 valence electrons. The Morgan fingerprint density at radius 3 is 2.19 bits per heavy atom. The second kappa shape index (κ2) is 11.1. The van der Waals surface area contributed by atoms with Gasteiger partial charge < -0.3 is 0 Å². The molecule has 1 aromatic carbocycles. The second-order valence-corrected chi connectivity index (χ2v) is 9.51. The van der Waals surface area contributed by atoms with Crippen molar-refractivity contribution >= 4 is 5.57 Å². The number of rotatable bonds is 9. The zero-order valence-electron chi connectivity index (χ0n) is 18.0. The van der Waals surface area contributed by atoms with Crippen molar-refractivity contribution in [3.8, 4) is 0 Å². The molecule has 27 heavy (non-hydrogen) atoms. The van der Waals surface area contributed by atoms with Crippen molar-refractivity contribution in [2.75, 3.05) is 0 Å². The molecule has 1 atom stereocenters. The fourth-order valence-corrected chi connectivity index (χ4v) is 5.19. The molecule has 0 bridgehead atoms. The summed E-state index contributed by atoms with van der Waals surface area (Å²) in [5.41, 5.74) is 4.68. The second-order valence-electron chi connectivity index (χ2n) is 9.51. The molecule has 1 unspecified atom stereocenters. The van der Waals surface area contributed by atoms with Crippen LogP contribution in [0.25, 0.3) is 5.57 Å². The Kier molecular flexibility index (Phi) is 8.49. The van der Waals surface area contributed by atoms with E-state index >= 15 is 0 Å². The van der Waals surface area contributed by atoms with Gasteiger partial charge in [-0.25, -0.2) is 0 Å². The van der Waals surface area contributed by atoms with Gasteiger partial charge in [-0.2, -0.15) is 0 Å². The Balaban J connectivity index is 1.42. The summed E-state index contributed by atoms with van der Waals surface area (Å²) in [5.74, 6) is 2.71. The molecule has 0 heteroatoms. The van der Waals surface area contributed by atoms with Crippen LogP contribution in [0, 0.1) is 11.8 Å². The third-order valence-corrected chi connectivity index (χ3v) is 7.25. The Hall–Kier alpha value is -1.04. The van der Waals surface area contributed by atoms with Crippen LogP contribution in [0.4, 0.5) is 0 Å². The molecule has 2 aliphatic carbocycles. The van der Waals surface area contributed by atoms with Crippen LogP contribution in [0.3, 0.4) is 0 Å². The maximum atomic E-state index is 2.56. The van der Waals surface area contributed by atoms with Crippen LogP contribution < -0.4 is 0 Å². The first-order chi connectivity index (χ1) is 13.3. The van der Waals surface area contributed by atoms with Gasteiger partial charge in [-0.3, -0.25) is 0 Å². The van der Waals surface area contributed by atoms with E-state index in [2.05, 4.69) is 44.2 Å². The predicted octanol–water partition coefficient (Wildman–Crippen LogP) is 8.91. The van der Waals surface area contributed by atoms with Crippen molar-refractivity contribution in [1.29, 1.82) is 0 Å². The van der Waals surface area contributed by atoms with Gasteiger partial charge in [0.15, 0.2) is 0 Å². The standard InChI is InChI=1S/C27H42/c1-3-4-5-6-7-8-9-23-12-16-25(17-13-23)27-20-18-26(19-21-27)24-14-10-22(2)11-15-24/h16,18-24H,3-15,17H2,1-2H3/t22-,23?,24-. The molecule has 1 saturated carbocycles. The van der Waals surface area contributed by atoms with Gasteiger partial charge in [-0.15, -0.1) is 0 Å². The average Bonchev–Trinajstić information content (AvgIpc) is 2.72. The molecule has 3 rings (SSSR count). The predicted molar refractivity (Wildman–Crippen MR) is 120 cm³/mol. The van der Waals surface area contributed by atoms with Crippen LogP contribution in [0.2, 0.25) is 0 Å². The maximum absolute atomic E-state index is 2.56. The van der Waals surface area contributed by atoms with Gasteiger partial charge in [0.05, 0.1) is 0 Å². The summed E-state index contributed by atoms with van der Waals surface area (Å²) in [5, 5.41) is 0. The minimum Gasteiger partial charge on any atom is -0.0804 e. The van der Waals surface area contributed by atoms with Gasteiger partial charge in [0.2, 0.25) is 0 Å². The van der Waals surface area contributed by atoms with Crippen molar-refractivity contribution in [2.45, 2.75) is 110 Å². The van der Waals surface area contributed by atoms with Gasteiger partial charge >= 0.3 is 0 Å². The van der Waals surface area contributed by atoms with Gasteiger partial charge in [0, 0.05) is 0 Å². The number of allylic oxidation sites excluding steroid dienone is 2. The molecule has 1 aromatic rings. The molecule has 0 nitrogen and oxygen atoms in total. The van der Waals surface area contributed by atoms with Crippen molar-refractivity contribution in [3.63, 3.8) is 0 Å². The zero-order valence-corrected chi connectivity index (χ0v) is 18.0. The number of hydrogen-bond donors (Lipinski definition) is 0. The first-order valence-corrected chi connectivity index (χ1v) is 12.1. The highest BCUT2D eigenvalue weighted by Gasteiger charge is 2.20. The van der Waals surface area contributed by atoms with E-state index in [0.717, 1.165) is 17.8 Å². The van der Waals surface area contributed by atoms with Crippen LogP contribution in [0.5, 0.6) is 0 Å². The fourth-order valence-electron chi connectivity index (χ4n) is 5.19. The third-order valence-electron chi connectivity index (χ3n) is 7.25. The van der Waals surface area contributed by atoms with Crippen LogP contribution in [-0.4, -0.2) is 0 Å². The number of unbranched alkanes of at least 4 members (excludes halogenated alkanes) is 5. The van der Waals surface area contributed by atoms with Gasteiger partial charge in [-0.05, 0) is 66.6 Å². The molecule has 0 spiro atoms. The summed E-state index contributed by atoms with van der Waals surface area (Å²) in [4.78, 5) is 0. The molecule has 1 fully saturated rings. The van der Waals surface area contributed by atoms with E-state index in [1.54, 1.807) is 11.1 Å². The Morgan fingerprint density at radius 1 is 0.815 bits per heavy atom. The number of benzene rings is 1. The largest absolute Gasteiger partial charge is 0.0804 e. The van der Waals surface area contributed by atoms with Gasteiger partial charge in [-0.1, -0.05) is 102 Å². The van der Waals surface area contributed by atoms with Crippen LogP contribution in [0.15, 0.2) is 30.3 Å². The lowest BCUT2D eigenvalue weighted by Gasteiger charge is -2.27. The molecular weight excluding hydrogens is 324 g/mol. The summed E-state index contributed by atoms with van der Waals surface area (Å²) in [7, 11) is 0. The highest BCUT2D eigenvalue weighted by Crippen LogP contribution is 2.37.